The van der Waals surface area contributed by atoms with Crippen LogP contribution in [-0.2, 0) is 17.6 Å². The molecule has 2 aliphatic rings. The summed E-state index contributed by atoms with van der Waals surface area (Å²) < 4.78 is 12.7. The Kier molecular flexibility index (Phi) is 5.28. The summed E-state index contributed by atoms with van der Waals surface area (Å²) in [6.07, 6.45) is 1.39. The molecule has 0 spiro atoms. The van der Waals surface area contributed by atoms with Gasteiger partial charge in [0.2, 0.25) is 12.7 Å². The fourth-order valence-electron chi connectivity index (χ4n) is 4.27. The second kappa shape index (κ2) is 8.18. The van der Waals surface area contributed by atoms with E-state index in [0.29, 0.717) is 23.6 Å². The number of nitrogens with zero attached hydrogens (tertiary/aromatic N) is 2. The Morgan fingerprint density at radius 2 is 1.88 bits per heavy atom. The van der Waals surface area contributed by atoms with E-state index in [1.807, 2.05) is 57.2 Å². The quantitative estimate of drug-likeness (QED) is 0.537. The lowest BCUT2D eigenvalue weighted by Gasteiger charge is -2.21. The van der Waals surface area contributed by atoms with Gasteiger partial charge < -0.3 is 25.8 Å². The van der Waals surface area contributed by atoms with Gasteiger partial charge in [0.25, 0.3) is 5.91 Å². The van der Waals surface area contributed by atoms with Crippen LogP contribution in [0, 0.1) is 0 Å². The van der Waals surface area contributed by atoms with Gasteiger partial charge in [-0.15, -0.1) is 0 Å². The largest absolute Gasteiger partial charge is 0.454 e. The van der Waals surface area contributed by atoms with Crippen LogP contribution in [0.2, 0.25) is 0 Å². The smallest absolute Gasteiger partial charge is 0.269 e. The number of hydrogen-bond acceptors (Lipinski definition) is 6. The number of aromatic nitrogens is 2. The Hall–Kier alpha value is -3.85. The first kappa shape index (κ1) is 22.0. The molecule has 2 heterocycles. The summed E-state index contributed by atoms with van der Waals surface area (Å²) in [6.45, 7) is 6.39. The average Bonchev–Trinajstić information content (AvgIpc) is 3.41. The second-order valence-electron chi connectivity index (χ2n) is 9.51. The summed E-state index contributed by atoms with van der Waals surface area (Å²) in [5, 5.41) is 10.7. The van der Waals surface area contributed by atoms with Crippen molar-refractivity contribution in [2.45, 2.75) is 39.2 Å². The van der Waals surface area contributed by atoms with E-state index in [2.05, 4.69) is 15.7 Å². The Labute approximate surface area is 197 Å². The lowest BCUT2D eigenvalue weighted by Crippen LogP contribution is -2.41. The van der Waals surface area contributed by atoms with Crippen LogP contribution in [0.1, 0.15) is 42.4 Å². The highest BCUT2D eigenvalue weighted by molar-refractivity contribution is 5.96. The first-order valence-electron chi connectivity index (χ1n) is 11.2. The molecular formula is C25H27N5O4. The number of amides is 2. The molecule has 4 N–H and O–H groups in total. The fraction of sp³-hybridized carbons (Fsp3) is 0.320. The lowest BCUT2D eigenvalue weighted by molar-refractivity contribution is -0.115. The van der Waals surface area contributed by atoms with Crippen molar-refractivity contribution in [1.29, 1.82) is 0 Å². The van der Waals surface area contributed by atoms with Crippen LogP contribution in [0.15, 0.2) is 36.4 Å². The molecule has 0 unspecified atom stereocenters. The minimum absolute atomic E-state index is 0.131. The van der Waals surface area contributed by atoms with E-state index < -0.39 is 5.91 Å². The summed E-state index contributed by atoms with van der Waals surface area (Å²) in [6, 6.07) is 11.3. The summed E-state index contributed by atoms with van der Waals surface area (Å²) in [4.78, 5) is 24.7. The standard InChI is InChI=1S/C25H27N5O4/c1-25(2,3)27-12-21(31)28-15-6-4-14-5-8-17-22(24(26)32)29-30(23(17)18(14)10-15)16-7-9-19-20(11-16)34-13-33-19/h4,6-7,9-11,27H,5,8,12-13H2,1-3H3,(H2,26,32)(H,28,31). The van der Waals surface area contributed by atoms with Crippen LogP contribution in [0.3, 0.4) is 0 Å². The lowest BCUT2D eigenvalue weighted by atomic mass is 9.88. The number of fused-ring (bicyclic) bond motifs is 4. The van der Waals surface area contributed by atoms with E-state index in [-0.39, 0.29) is 30.5 Å². The maximum Gasteiger partial charge on any atom is 0.269 e. The molecule has 9 heteroatoms. The van der Waals surface area contributed by atoms with Crippen LogP contribution >= 0.6 is 0 Å². The molecule has 2 amide bonds. The van der Waals surface area contributed by atoms with E-state index in [4.69, 9.17) is 15.2 Å². The van der Waals surface area contributed by atoms with E-state index >= 15 is 0 Å². The molecule has 0 saturated heterocycles. The molecule has 0 atom stereocenters. The molecule has 0 fully saturated rings. The van der Waals surface area contributed by atoms with Gasteiger partial charge in [-0.1, -0.05) is 6.07 Å². The van der Waals surface area contributed by atoms with Gasteiger partial charge in [-0.25, -0.2) is 4.68 Å². The van der Waals surface area contributed by atoms with Crippen molar-refractivity contribution in [1.82, 2.24) is 15.1 Å². The molecule has 176 valence electrons. The van der Waals surface area contributed by atoms with E-state index in [1.54, 1.807) is 4.68 Å². The molecule has 5 rings (SSSR count). The number of hydrogen-bond donors (Lipinski definition) is 3. The normalized spacial score (nSPS) is 13.9. The third kappa shape index (κ3) is 4.10. The minimum atomic E-state index is -0.572. The number of benzene rings is 2. The number of anilines is 1. The molecule has 0 saturated carbocycles. The summed E-state index contributed by atoms with van der Waals surface area (Å²) >= 11 is 0. The monoisotopic (exact) mass is 461 g/mol. The van der Waals surface area contributed by atoms with E-state index in [1.165, 1.54) is 0 Å². The molecule has 9 nitrogen and oxygen atoms in total. The Morgan fingerprint density at radius 1 is 1.09 bits per heavy atom. The maximum absolute atomic E-state index is 12.5. The van der Waals surface area contributed by atoms with Gasteiger partial charge in [0.1, 0.15) is 0 Å². The molecular weight excluding hydrogens is 434 g/mol. The molecule has 3 aromatic rings. The fourth-order valence-corrected chi connectivity index (χ4v) is 4.27. The molecule has 2 aromatic carbocycles. The zero-order valence-corrected chi connectivity index (χ0v) is 19.4. The number of primary amides is 1. The molecule has 1 aliphatic heterocycles. The van der Waals surface area contributed by atoms with Crippen molar-refractivity contribution in [3.8, 4) is 28.4 Å². The second-order valence-corrected chi connectivity index (χ2v) is 9.51. The van der Waals surface area contributed by atoms with Crippen molar-refractivity contribution >= 4 is 17.5 Å². The molecule has 0 radical (unpaired) electrons. The molecule has 1 aromatic heterocycles. The highest BCUT2D eigenvalue weighted by Gasteiger charge is 2.29. The Bertz CT molecular complexity index is 1310. The zero-order valence-electron chi connectivity index (χ0n) is 19.4. The third-order valence-electron chi connectivity index (χ3n) is 5.89. The van der Waals surface area contributed by atoms with E-state index in [0.717, 1.165) is 34.5 Å². The van der Waals surface area contributed by atoms with Gasteiger partial charge in [0.15, 0.2) is 17.2 Å². The first-order chi connectivity index (χ1) is 16.2. The predicted octanol–water partition coefficient (Wildman–Crippen LogP) is 2.79. The van der Waals surface area contributed by atoms with Crippen LogP contribution < -0.4 is 25.8 Å². The Morgan fingerprint density at radius 3 is 2.65 bits per heavy atom. The van der Waals surface area contributed by atoms with Crippen LogP contribution in [0.4, 0.5) is 5.69 Å². The van der Waals surface area contributed by atoms with Gasteiger partial charge >= 0.3 is 0 Å². The van der Waals surface area contributed by atoms with E-state index in [9.17, 15) is 9.59 Å². The zero-order chi connectivity index (χ0) is 24.0. The van der Waals surface area contributed by atoms with Gasteiger partial charge in [0, 0.05) is 28.4 Å². The van der Waals surface area contributed by atoms with Crippen LogP contribution in [0.5, 0.6) is 11.5 Å². The minimum Gasteiger partial charge on any atom is -0.454 e. The number of rotatable bonds is 5. The van der Waals surface area contributed by atoms with Crippen molar-refractivity contribution in [3.63, 3.8) is 0 Å². The van der Waals surface area contributed by atoms with Crippen molar-refractivity contribution in [3.05, 3.63) is 53.2 Å². The molecule has 0 bridgehead atoms. The summed E-state index contributed by atoms with van der Waals surface area (Å²) in [7, 11) is 0. The summed E-state index contributed by atoms with van der Waals surface area (Å²) in [5.74, 6) is 0.574. The summed E-state index contributed by atoms with van der Waals surface area (Å²) in [5.41, 5.74) is 10.8. The van der Waals surface area contributed by atoms with Crippen molar-refractivity contribution < 1.29 is 19.1 Å². The van der Waals surface area contributed by atoms with Gasteiger partial charge in [-0.3, -0.25) is 9.59 Å². The predicted molar refractivity (Wildman–Crippen MR) is 127 cm³/mol. The molecule has 1 aliphatic carbocycles. The number of carbonyl (C=O) groups excluding carboxylic acids is 2. The van der Waals surface area contributed by atoms with Gasteiger partial charge in [0.05, 0.1) is 17.9 Å². The number of aryl methyl sites for hydroxylation is 1. The maximum atomic E-state index is 12.5. The molecule has 34 heavy (non-hydrogen) atoms. The van der Waals surface area contributed by atoms with Gasteiger partial charge in [-0.2, -0.15) is 5.10 Å². The van der Waals surface area contributed by atoms with Crippen molar-refractivity contribution in [2.75, 3.05) is 18.7 Å². The van der Waals surface area contributed by atoms with Crippen LogP contribution in [0.25, 0.3) is 16.9 Å². The average molecular weight is 462 g/mol. The highest BCUT2D eigenvalue weighted by Crippen LogP contribution is 2.40. The SMILES string of the molecule is CC(C)(C)NCC(=O)Nc1ccc2c(c1)-c1c(c(C(N)=O)nn1-c1ccc3c(c1)OCO3)CC2. The third-order valence-corrected chi connectivity index (χ3v) is 5.89. The van der Waals surface area contributed by atoms with Crippen molar-refractivity contribution in [2.24, 2.45) is 5.73 Å². The number of nitrogens with two attached hydrogens (primary N) is 1. The first-order valence-corrected chi connectivity index (χ1v) is 11.2. The number of nitrogens with one attached hydrogen (secondary N) is 2. The Balaban J connectivity index is 1.55. The highest BCUT2D eigenvalue weighted by atomic mass is 16.7. The number of carbonyl (C=O) groups is 2. The number of ether oxygens (including phenoxy) is 2. The van der Waals surface area contributed by atoms with Crippen LogP contribution in [-0.4, -0.2) is 40.5 Å². The topological polar surface area (TPSA) is 120 Å². The van der Waals surface area contributed by atoms with Gasteiger partial charge in [-0.05, 0) is 63.4 Å².